The maximum absolute atomic E-state index is 5.92. The molecule has 1 aliphatic heterocycles. The minimum atomic E-state index is 0. The summed E-state index contributed by atoms with van der Waals surface area (Å²) in [7, 11) is 0. The zero-order chi connectivity index (χ0) is 15.6. The van der Waals surface area contributed by atoms with Crippen LogP contribution in [0.15, 0.2) is 35.3 Å². The van der Waals surface area contributed by atoms with Crippen molar-refractivity contribution in [1.82, 2.24) is 10.2 Å². The van der Waals surface area contributed by atoms with Crippen molar-refractivity contribution in [1.29, 1.82) is 0 Å². The maximum atomic E-state index is 5.92. The minimum absolute atomic E-state index is 0. The van der Waals surface area contributed by atoms with E-state index < -0.39 is 0 Å². The topological polar surface area (TPSA) is 62.9 Å². The Morgan fingerprint density at radius 1 is 1.30 bits per heavy atom. The molecule has 1 aromatic carbocycles. The van der Waals surface area contributed by atoms with Crippen molar-refractivity contribution in [2.75, 3.05) is 45.9 Å². The molecule has 1 aliphatic rings. The van der Waals surface area contributed by atoms with E-state index in [1.165, 1.54) is 5.56 Å². The lowest BCUT2D eigenvalue weighted by atomic mass is 10.1. The molecule has 0 aromatic heterocycles. The number of hydrogen-bond donors (Lipinski definition) is 2. The molecule has 1 heterocycles. The second kappa shape index (κ2) is 11.6. The molecule has 0 bridgehead atoms. The molecule has 1 atom stereocenters. The van der Waals surface area contributed by atoms with E-state index >= 15 is 0 Å². The van der Waals surface area contributed by atoms with Crippen LogP contribution in [-0.2, 0) is 11.2 Å². The molecule has 0 saturated carbocycles. The lowest BCUT2D eigenvalue weighted by molar-refractivity contribution is 0.0323. The molecule has 1 saturated heterocycles. The van der Waals surface area contributed by atoms with Gasteiger partial charge in [-0.05, 0) is 17.9 Å². The average molecular weight is 432 g/mol. The number of rotatable bonds is 7. The number of morpholine rings is 1. The molecule has 2 rings (SSSR count). The molecule has 0 aliphatic carbocycles. The molecule has 6 heteroatoms. The van der Waals surface area contributed by atoms with Gasteiger partial charge in [-0.1, -0.05) is 37.3 Å². The first-order valence-electron chi connectivity index (χ1n) is 8.12. The third-order valence-electron chi connectivity index (χ3n) is 3.81. The Hall–Kier alpha value is -0.860. The van der Waals surface area contributed by atoms with Crippen molar-refractivity contribution in [3.8, 4) is 0 Å². The van der Waals surface area contributed by atoms with Gasteiger partial charge in [0.1, 0.15) is 0 Å². The monoisotopic (exact) mass is 432 g/mol. The molecule has 0 amide bonds. The third-order valence-corrected chi connectivity index (χ3v) is 3.81. The average Bonchev–Trinajstić information content (AvgIpc) is 2.55. The summed E-state index contributed by atoms with van der Waals surface area (Å²) in [4.78, 5) is 6.88. The number of nitrogens with zero attached hydrogens (tertiary/aromatic N) is 2. The summed E-state index contributed by atoms with van der Waals surface area (Å²) in [6, 6.07) is 10.4. The van der Waals surface area contributed by atoms with Gasteiger partial charge in [0.15, 0.2) is 5.96 Å². The number of nitrogens with two attached hydrogens (primary N) is 1. The highest BCUT2D eigenvalue weighted by molar-refractivity contribution is 14.0. The van der Waals surface area contributed by atoms with Gasteiger partial charge in [0.05, 0.1) is 13.2 Å². The second-order valence-corrected chi connectivity index (χ2v) is 5.91. The van der Waals surface area contributed by atoms with Crippen molar-refractivity contribution in [2.24, 2.45) is 16.6 Å². The van der Waals surface area contributed by atoms with Crippen LogP contribution in [0.25, 0.3) is 0 Å². The predicted octanol–water partition coefficient (Wildman–Crippen LogP) is 1.72. The molecule has 5 nitrogen and oxygen atoms in total. The van der Waals surface area contributed by atoms with Crippen LogP contribution < -0.4 is 11.1 Å². The van der Waals surface area contributed by atoms with Crippen molar-refractivity contribution >= 4 is 29.9 Å². The van der Waals surface area contributed by atoms with Gasteiger partial charge in [-0.3, -0.25) is 9.89 Å². The summed E-state index contributed by atoms with van der Waals surface area (Å²) in [6.45, 7) is 8.61. The van der Waals surface area contributed by atoms with Gasteiger partial charge in [0.25, 0.3) is 0 Å². The fraction of sp³-hybridized carbons (Fsp3) is 0.588. The van der Waals surface area contributed by atoms with Crippen LogP contribution >= 0.6 is 24.0 Å². The first-order valence-corrected chi connectivity index (χ1v) is 8.12. The van der Waals surface area contributed by atoms with Gasteiger partial charge in [-0.25, -0.2) is 0 Å². The smallest absolute Gasteiger partial charge is 0.188 e. The third kappa shape index (κ3) is 8.53. The molecule has 1 fully saturated rings. The predicted molar refractivity (Wildman–Crippen MR) is 106 cm³/mol. The molecular weight excluding hydrogens is 403 g/mol. The summed E-state index contributed by atoms with van der Waals surface area (Å²) in [6.07, 6.45) is 0.959. The van der Waals surface area contributed by atoms with E-state index in [1.807, 2.05) is 6.07 Å². The second-order valence-electron chi connectivity index (χ2n) is 5.91. The Bertz CT molecular complexity index is 449. The normalized spacial score (nSPS) is 17.3. The SMILES string of the molecule is CC(CN=C(N)NCCc1ccccc1)CN1CCOCC1.I. The van der Waals surface area contributed by atoms with E-state index in [9.17, 15) is 0 Å². The quantitative estimate of drug-likeness (QED) is 0.392. The van der Waals surface area contributed by atoms with E-state index in [-0.39, 0.29) is 24.0 Å². The number of nitrogens with one attached hydrogen (secondary N) is 1. The minimum Gasteiger partial charge on any atom is -0.379 e. The van der Waals surface area contributed by atoms with E-state index in [0.717, 1.165) is 52.4 Å². The number of hydrogen-bond acceptors (Lipinski definition) is 3. The van der Waals surface area contributed by atoms with E-state index in [2.05, 4.69) is 46.4 Å². The highest BCUT2D eigenvalue weighted by atomic mass is 127. The standard InChI is InChI=1S/C17H28N4O.HI/c1-15(14-21-9-11-22-12-10-21)13-20-17(18)19-8-7-16-5-3-2-4-6-16;/h2-6,15H,7-14H2,1H3,(H3,18,19,20);1H. The Kier molecular flexibility index (Phi) is 10.2. The first-order chi connectivity index (χ1) is 10.7. The molecular formula is C17H29IN4O. The Morgan fingerprint density at radius 2 is 2.00 bits per heavy atom. The Balaban J connectivity index is 0.00000264. The zero-order valence-corrected chi connectivity index (χ0v) is 16.2. The number of halogens is 1. The lowest BCUT2D eigenvalue weighted by Gasteiger charge is -2.28. The number of ether oxygens (including phenoxy) is 1. The van der Waals surface area contributed by atoms with Crippen molar-refractivity contribution in [3.63, 3.8) is 0 Å². The highest BCUT2D eigenvalue weighted by Crippen LogP contribution is 2.03. The fourth-order valence-electron chi connectivity index (χ4n) is 2.57. The summed E-state index contributed by atoms with van der Waals surface area (Å²) in [5.74, 6) is 1.05. The lowest BCUT2D eigenvalue weighted by Crippen LogP contribution is -2.39. The largest absolute Gasteiger partial charge is 0.379 e. The van der Waals surface area contributed by atoms with Crippen LogP contribution in [0, 0.1) is 5.92 Å². The fourth-order valence-corrected chi connectivity index (χ4v) is 2.57. The number of aliphatic imine (C=N–C) groups is 1. The Morgan fingerprint density at radius 3 is 2.70 bits per heavy atom. The molecule has 0 spiro atoms. The van der Waals surface area contributed by atoms with Crippen molar-refractivity contribution in [2.45, 2.75) is 13.3 Å². The summed E-state index contributed by atoms with van der Waals surface area (Å²) < 4.78 is 5.36. The summed E-state index contributed by atoms with van der Waals surface area (Å²) in [5.41, 5.74) is 7.23. The van der Waals surface area contributed by atoms with E-state index in [4.69, 9.17) is 10.5 Å². The molecule has 130 valence electrons. The van der Waals surface area contributed by atoms with Gasteiger partial charge in [0, 0.05) is 32.7 Å². The van der Waals surface area contributed by atoms with Crippen LogP contribution in [0.3, 0.4) is 0 Å². The van der Waals surface area contributed by atoms with Crippen LogP contribution in [-0.4, -0.2) is 56.8 Å². The summed E-state index contributed by atoms with van der Waals surface area (Å²) >= 11 is 0. The van der Waals surface area contributed by atoms with Crippen molar-refractivity contribution in [3.05, 3.63) is 35.9 Å². The molecule has 3 N–H and O–H groups in total. The molecule has 1 unspecified atom stereocenters. The first kappa shape index (κ1) is 20.2. The Labute approximate surface area is 156 Å². The van der Waals surface area contributed by atoms with Crippen LogP contribution in [0.2, 0.25) is 0 Å². The van der Waals surface area contributed by atoms with Gasteiger partial charge in [-0.15, -0.1) is 24.0 Å². The molecule has 0 radical (unpaired) electrons. The molecule has 1 aromatic rings. The van der Waals surface area contributed by atoms with Gasteiger partial charge < -0.3 is 15.8 Å². The van der Waals surface area contributed by atoms with Crippen LogP contribution in [0.4, 0.5) is 0 Å². The van der Waals surface area contributed by atoms with Gasteiger partial charge >= 0.3 is 0 Å². The van der Waals surface area contributed by atoms with Crippen molar-refractivity contribution < 1.29 is 4.74 Å². The van der Waals surface area contributed by atoms with Gasteiger partial charge in [0.2, 0.25) is 0 Å². The maximum Gasteiger partial charge on any atom is 0.188 e. The van der Waals surface area contributed by atoms with Gasteiger partial charge in [-0.2, -0.15) is 0 Å². The molecule has 23 heavy (non-hydrogen) atoms. The van der Waals surface area contributed by atoms with E-state index in [1.54, 1.807) is 0 Å². The summed E-state index contributed by atoms with van der Waals surface area (Å²) in [5, 5.41) is 3.18. The number of guanidine groups is 1. The van der Waals surface area contributed by atoms with Crippen LogP contribution in [0.1, 0.15) is 12.5 Å². The highest BCUT2D eigenvalue weighted by Gasteiger charge is 2.13. The zero-order valence-electron chi connectivity index (χ0n) is 13.9. The number of benzene rings is 1. The van der Waals surface area contributed by atoms with Crippen LogP contribution in [0.5, 0.6) is 0 Å². The van der Waals surface area contributed by atoms with E-state index in [0.29, 0.717) is 11.9 Å².